The van der Waals surface area contributed by atoms with Crippen LogP contribution in [0.25, 0.3) is 0 Å². The molecule has 1 aliphatic carbocycles. The molecule has 3 heteroatoms. The first-order valence-corrected chi connectivity index (χ1v) is 7.40. The largest absolute Gasteiger partial charge is 0.347 e. The van der Waals surface area contributed by atoms with Crippen molar-refractivity contribution in [1.82, 2.24) is 15.3 Å². The zero-order chi connectivity index (χ0) is 13.0. The van der Waals surface area contributed by atoms with E-state index < -0.39 is 0 Å². The third kappa shape index (κ3) is 3.84. The van der Waals surface area contributed by atoms with Gasteiger partial charge in [0.25, 0.3) is 0 Å². The minimum atomic E-state index is 0.336. The van der Waals surface area contributed by atoms with E-state index in [1.807, 2.05) is 12.4 Å². The average molecular weight is 249 g/mol. The van der Waals surface area contributed by atoms with Gasteiger partial charge in [-0.15, -0.1) is 0 Å². The molecule has 0 spiro atoms. The van der Waals surface area contributed by atoms with Gasteiger partial charge in [-0.3, -0.25) is 0 Å². The topological polar surface area (TPSA) is 40.7 Å². The van der Waals surface area contributed by atoms with Crippen LogP contribution in [-0.4, -0.2) is 16.0 Å². The molecule has 1 heterocycles. The molecule has 102 valence electrons. The van der Waals surface area contributed by atoms with E-state index in [-0.39, 0.29) is 0 Å². The van der Waals surface area contributed by atoms with Crippen LogP contribution in [0, 0.1) is 11.8 Å². The molecule has 3 nitrogen and oxygen atoms in total. The minimum Gasteiger partial charge on any atom is -0.347 e. The van der Waals surface area contributed by atoms with E-state index in [2.05, 4.69) is 36.1 Å². The zero-order valence-electron chi connectivity index (χ0n) is 11.9. The second-order valence-electron chi connectivity index (χ2n) is 6.22. The van der Waals surface area contributed by atoms with Gasteiger partial charge < -0.3 is 10.3 Å². The predicted octanol–water partition coefficient (Wildman–Crippen LogP) is 3.67. The van der Waals surface area contributed by atoms with E-state index in [0.29, 0.717) is 12.1 Å². The molecule has 3 atom stereocenters. The number of aromatic amines is 1. The highest BCUT2D eigenvalue weighted by molar-refractivity contribution is 4.95. The van der Waals surface area contributed by atoms with Crippen molar-refractivity contribution in [3.8, 4) is 0 Å². The third-order valence-corrected chi connectivity index (χ3v) is 4.00. The van der Waals surface area contributed by atoms with E-state index >= 15 is 0 Å². The monoisotopic (exact) mass is 249 g/mol. The fourth-order valence-corrected chi connectivity index (χ4v) is 3.27. The molecule has 1 saturated carbocycles. The maximum Gasteiger partial charge on any atom is 0.122 e. The Bertz CT molecular complexity index is 332. The van der Waals surface area contributed by atoms with E-state index in [1.54, 1.807) is 0 Å². The summed E-state index contributed by atoms with van der Waals surface area (Å²) in [7, 11) is 0. The number of nitrogens with one attached hydrogen (secondary N) is 2. The Morgan fingerprint density at radius 2 is 2.22 bits per heavy atom. The fraction of sp³-hybridized carbons (Fsp3) is 0.800. The van der Waals surface area contributed by atoms with E-state index in [9.17, 15) is 0 Å². The van der Waals surface area contributed by atoms with E-state index in [4.69, 9.17) is 0 Å². The number of H-pyrrole nitrogens is 1. The van der Waals surface area contributed by atoms with Crippen LogP contribution in [0.3, 0.4) is 0 Å². The molecule has 0 saturated heterocycles. The van der Waals surface area contributed by atoms with Gasteiger partial charge in [0.15, 0.2) is 0 Å². The van der Waals surface area contributed by atoms with Crippen molar-refractivity contribution in [2.75, 3.05) is 0 Å². The highest BCUT2D eigenvalue weighted by Gasteiger charge is 2.24. The summed E-state index contributed by atoms with van der Waals surface area (Å²) in [4.78, 5) is 7.53. The molecule has 1 aromatic heterocycles. The summed E-state index contributed by atoms with van der Waals surface area (Å²) in [6, 6.07) is 1.00. The van der Waals surface area contributed by atoms with Gasteiger partial charge >= 0.3 is 0 Å². The summed E-state index contributed by atoms with van der Waals surface area (Å²) in [5, 5.41) is 3.73. The first-order valence-electron chi connectivity index (χ1n) is 7.40. The van der Waals surface area contributed by atoms with Crippen LogP contribution in [0.5, 0.6) is 0 Å². The van der Waals surface area contributed by atoms with Crippen molar-refractivity contribution in [1.29, 1.82) is 0 Å². The van der Waals surface area contributed by atoms with Crippen molar-refractivity contribution in [3.05, 3.63) is 18.2 Å². The van der Waals surface area contributed by atoms with Gasteiger partial charge in [-0.25, -0.2) is 4.98 Å². The van der Waals surface area contributed by atoms with Gasteiger partial charge in [0, 0.05) is 18.4 Å². The van der Waals surface area contributed by atoms with Gasteiger partial charge in [-0.2, -0.15) is 0 Å². The van der Waals surface area contributed by atoms with Crippen molar-refractivity contribution < 1.29 is 0 Å². The van der Waals surface area contributed by atoms with E-state index in [1.165, 1.54) is 32.1 Å². The molecular weight excluding hydrogens is 222 g/mol. The number of hydrogen-bond donors (Lipinski definition) is 2. The minimum absolute atomic E-state index is 0.336. The Balaban J connectivity index is 1.82. The maximum atomic E-state index is 4.33. The second kappa shape index (κ2) is 6.37. The molecule has 1 aliphatic rings. The first kappa shape index (κ1) is 13.6. The highest BCUT2D eigenvalue weighted by Crippen LogP contribution is 2.30. The lowest BCUT2D eigenvalue weighted by atomic mass is 9.81. The molecule has 0 bridgehead atoms. The Morgan fingerprint density at radius 3 is 2.89 bits per heavy atom. The molecule has 3 unspecified atom stereocenters. The molecule has 2 N–H and O–H groups in total. The van der Waals surface area contributed by atoms with Gasteiger partial charge in [0.05, 0.1) is 6.04 Å². The van der Waals surface area contributed by atoms with Crippen LogP contribution < -0.4 is 5.32 Å². The summed E-state index contributed by atoms with van der Waals surface area (Å²) >= 11 is 0. The fourth-order valence-electron chi connectivity index (χ4n) is 3.27. The summed E-state index contributed by atoms with van der Waals surface area (Å²) in [6.45, 7) is 6.87. The standard InChI is InChI=1S/C15H27N3/c1-11(2)9-13-5-4-6-14(10-13)18-12(3)15-16-7-8-17-15/h7-8,11-14,18H,4-6,9-10H2,1-3H3,(H,16,17). The van der Waals surface area contributed by atoms with Crippen molar-refractivity contribution >= 4 is 0 Å². The van der Waals surface area contributed by atoms with Crippen molar-refractivity contribution in [2.24, 2.45) is 11.8 Å². The number of nitrogens with zero attached hydrogens (tertiary/aromatic N) is 1. The molecular formula is C15H27N3. The SMILES string of the molecule is CC(C)CC1CCCC(NC(C)c2ncc[nH]2)C1. The summed E-state index contributed by atoms with van der Waals surface area (Å²) in [5.41, 5.74) is 0. The summed E-state index contributed by atoms with van der Waals surface area (Å²) in [5.74, 6) is 2.80. The predicted molar refractivity (Wildman–Crippen MR) is 75.3 cm³/mol. The number of rotatable bonds is 5. The Hall–Kier alpha value is -0.830. The highest BCUT2D eigenvalue weighted by atomic mass is 15.0. The van der Waals surface area contributed by atoms with Crippen molar-refractivity contribution in [2.45, 2.75) is 65.0 Å². The maximum absolute atomic E-state index is 4.33. The van der Waals surface area contributed by atoms with Gasteiger partial charge in [-0.1, -0.05) is 26.7 Å². The van der Waals surface area contributed by atoms with Gasteiger partial charge in [0.1, 0.15) is 5.82 Å². The number of hydrogen-bond acceptors (Lipinski definition) is 2. The normalized spacial score (nSPS) is 26.4. The van der Waals surface area contributed by atoms with Crippen LogP contribution in [0.2, 0.25) is 0 Å². The molecule has 2 rings (SSSR count). The summed E-state index contributed by atoms with van der Waals surface area (Å²) in [6.07, 6.45) is 10.6. The lowest BCUT2D eigenvalue weighted by molar-refractivity contribution is 0.241. The molecule has 0 amide bonds. The third-order valence-electron chi connectivity index (χ3n) is 4.00. The zero-order valence-corrected chi connectivity index (χ0v) is 11.9. The lowest BCUT2D eigenvalue weighted by Crippen LogP contribution is -2.36. The first-order chi connectivity index (χ1) is 8.65. The Morgan fingerprint density at radius 1 is 1.39 bits per heavy atom. The summed E-state index contributed by atoms with van der Waals surface area (Å²) < 4.78 is 0. The Kier molecular flexibility index (Phi) is 4.81. The van der Waals surface area contributed by atoms with Gasteiger partial charge in [0.2, 0.25) is 0 Å². The molecule has 0 radical (unpaired) electrons. The van der Waals surface area contributed by atoms with Crippen LogP contribution in [-0.2, 0) is 0 Å². The smallest absolute Gasteiger partial charge is 0.122 e. The second-order valence-corrected chi connectivity index (χ2v) is 6.22. The molecule has 1 fully saturated rings. The Labute approximate surface area is 111 Å². The van der Waals surface area contributed by atoms with Crippen molar-refractivity contribution in [3.63, 3.8) is 0 Å². The molecule has 0 aromatic carbocycles. The quantitative estimate of drug-likeness (QED) is 0.836. The molecule has 0 aliphatic heterocycles. The van der Waals surface area contributed by atoms with Crippen LogP contribution in [0.4, 0.5) is 0 Å². The average Bonchev–Trinajstić information content (AvgIpc) is 2.81. The van der Waals surface area contributed by atoms with Crippen LogP contribution in [0.15, 0.2) is 12.4 Å². The van der Waals surface area contributed by atoms with Crippen LogP contribution >= 0.6 is 0 Å². The number of aromatic nitrogens is 2. The van der Waals surface area contributed by atoms with Crippen LogP contribution in [0.1, 0.15) is 64.7 Å². The number of imidazole rings is 1. The lowest BCUT2D eigenvalue weighted by Gasteiger charge is -2.32. The van der Waals surface area contributed by atoms with E-state index in [0.717, 1.165) is 17.7 Å². The molecule has 18 heavy (non-hydrogen) atoms. The molecule has 1 aromatic rings. The van der Waals surface area contributed by atoms with Gasteiger partial charge in [-0.05, 0) is 38.0 Å².